The second kappa shape index (κ2) is 8.02. The molecule has 28 heavy (non-hydrogen) atoms. The number of nitrogens with one attached hydrogen (secondary N) is 1. The molecule has 8 heteroatoms. The largest absolute Gasteiger partial charge is 0.397 e. The standard InChI is InChI=1S/C20H25N7S/c1-25-10-8-16(19-18(25)7-4-9-22-19)23-24-20(28)27-13-11-26(12-14-27)17-6-3-2-5-15(17)21/h2-7,9H,8,10-14,21H2,1H3,(H,24,28)/b23-16-. The Labute approximate surface area is 170 Å². The van der Waals surface area contributed by atoms with Gasteiger partial charge in [-0.15, -0.1) is 0 Å². The lowest BCUT2D eigenvalue weighted by molar-refractivity contribution is 0.381. The average molecular weight is 396 g/mol. The van der Waals surface area contributed by atoms with Gasteiger partial charge in [-0.3, -0.25) is 10.4 Å². The SMILES string of the molecule is CN1CC/C(=N/NC(=S)N2CCN(c3ccccc3N)CC2)c2ncccc21. The molecule has 1 fully saturated rings. The number of nitrogen functional groups attached to an aromatic ring is 1. The van der Waals surface area contributed by atoms with Crippen molar-refractivity contribution in [3.8, 4) is 0 Å². The van der Waals surface area contributed by atoms with E-state index in [2.05, 4.69) is 49.4 Å². The van der Waals surface area contributed by atoms with Crippen molar-refractivity contribution in [2.24, 2.45) is 5.10 Å². The highest BCUT2D eigenvalue weighted by atomic mass is 32.1. The van der Waals surface area contributed by atoms with Crippen LogP contribution in [0.25, 0.3) is 0 Å². The Balaban J connectivity index is 1.37. The summed E-state index contributed by atoms with van der Waals surface area (Å²) in [4.78, 5) is 11.2. The number of anilines is 3. The highest BCUT2D eigenvalue weighted by Crippen LogP contribution is 2.24. The zero-order valence-corrected chi connectivity index (χ0v) is 16.8. The molecule has 7 nitrogen and oxygen atoms in total. The summed E-state index contributed by atoms with van der Waals surface area (Å²) in [5, 5.41) is 5.24. The van der Waals surface area contributed by atoms with Crippen molar-refractivity contribution in [2.75, 3.05) is 55.3 Å². The molecule has 0 bridgehead atoms. The normalized spacial score (nSPS) is 18.2. The molecule has 3 N–H and O–H groups in total. The van der Waals surface area contributed by atoms with E-state index in [0.29, 0.717) is 5.11 Å². The molecule has 146 valence electrons. The van der Waals surface area contributed by atoms with Crippen LogP contribution >= 0.6 is 12.2 Å². The maximum Gasteiger partial charge on any atom is 0.189 e. The predicted octanol–water partition coefficient (Wildman–Crippen LogP) is 1.90. The number of piperazine rings is 1. The summed E-state index contributed by atoms with van der Waals surface area (Å²) in [5.41, 5.74) is 14.1. The number of hydrazone groups is 1. The number of hydrogen-bond acceptors (Lipinski definition) is 6. The average Bonchev–Trinajstić information content (AvgIpc) is 2.74. The second-order valence-corrected chi connectivity index (χ2v) is 7.44. The Hall–Kier alpha value is -2.87. The number of thiocarbonyl (C=S) groups is 1. The maximum atomic E-state index is 6.10. The van der Waals surface area contributed by atoms with Crippen LogP contribution < -0.4 is 21.0 Å². The topological polar surface area (TPSA) is 73.0 Å². The Kier molecular flexibility index (Phi) is 5.29. The van der Waals surface area contributed by atoms with Crippen LogP contribution in [0.2, 0.25) is 0 Å². The number of aromatic nitrogens is 1. The first-order chi connectivity index (χ1) is 13.6. The Morgan fingerprint density at radius 3 is 2.61 bits per heavy atom. The molecule has 1 aromatic carbocycles. The second-order valence-electron chi connectivity index (χ2n) is 7.05. The van der Waals surface area contributed by atoms with E-state index in [1.54, 1.807) is 6.20 Å². The van der Waals surface area contributed by atoms with E-state index in [1.165, 1.54) is 0 Å². The zero-order valence-electron chi connectivity index (χ0n) is 16.0. The maximum absolute atomic E-state index is 6.10. The fraction of sp³-hybridized carbons (Fsp3) is 0.350. The Morgan fingerprint density at radius 2 is 1.82 bits per heavy atom. The van der Waals surface area contributed by atoms with Crippen molar-refractivity contribution in [1.29, 1.82) is 0 Å². The van der Waals surface area contributed by atoms with Crippen LogP contribution in [0, 0.1) is 0 Å². The molecule has 0 amide bonds. The number of pyridine rings is 1. The summed E-state index contributed by atoms with van der Waals surface area (Å²) < 4.78 is 0. The van der Waals surface area contributed by atoms with Gasteiger partial charge in [0.05, 0.1) is 22.8 Å². The summed E-state index contributed by atoms with van der Waals surface area (Å²) >= 11 is 5.58. The zero-order chi connectivity index (χ0) is 19.5. The van der Waals surface area contributed by atoms with E-state index in [0.717, 1.165) is 67.6 Å². The minimum Gasteiger partial charge on any atom is -0.397 e. The van der Waals surface area contributed by atoms with E-state index in [1.807, 2.05) is 24.3 Å². The molecule has 0 spiro atoms. The summed E-state index contributed by atoms with van der Waals surface area (Å²) in [5.74, 6) is 0. The number of nitrogens with zero attached hydrogens (tertiary/aromatic N) is 5. The molecular weight excluding hydrogens is 370 g/mol. The summed E-state index contributed by atoms with van der Waals surface area (Å²) in [6.07, 6.45) is 2.65. The lowest BCUT2D eigenvalue weighted by Gasteiger charge is -2.37. The van der Waals surface area contributed by atoms with E-state index in [-0.39, 0.29) is 0 Å². The van der Waals surface area contributed by atoms with Gasteiger partial charge in [0.25, 0.3) is 0 Å². The predicted molar refractivity (Wildman–Crippen MR) is 119 cm³/mol. The monoisotopic (exact) mass is 395 g/mol. The summed E-state index contributed by atoms with van der Waals surface area (Å²) in [7, 11) is 2.08. The number of nitrogens with two attached hydrogens (primary N) is 1. The van der Waals surface area contributed by atoms with Crippen molar-refractivity contribution in [1.82, 2.24) is 15.3 Å². The molecule has 2 aliphatic heterocycles. The smallest absolute Gasteiger partial charge is 0.189 e. The fourth-order valence-electron chi connectivity index (χ4n) is 3.66. The van der Waals surface area contributed by atoms with Crippen LogP contribution in [0.4, 0.5) is 17.1 Å². The van der Waals surface area contributed by atoms with Gasteiger partial charge in [0.2, 0.25) is 0 Å². The lowest BCUT2D eigenvalue weighted by Crippen LogP contribution is -2.51. The van der Waals surface area contributed by atoms with Crippen molar-refractivity contribution >= 4 is 40.1 Å². The molecular formula is C20H25N7S. The van der Waals surface area contributed by atoms with E-state index >= 15 is 0 Å². The molecule has 4 rings (SSSR count). The van der Waals surface area contributed by atoms with Gasteiger partial charge in [-0.2, -0.15) is 5.10 Å². The third kappa shape index (κ3) is 3.73. The molecule has 0 radical (unpaired) electrons. The van der Waals surface area contributed by atoms with Crippen LogP contribution in [0.15, 0.2) is 47.7 Å². The lowest BCUT2D eigenvalue weighted by atomic mass is 10.1. The third-order valence-corrected chi connectivity index (χ3v) is 5.64. The Bertz CT molecular complexity index is 890. The van der Waals surface area contributed by atoms with Crippen LogP contribution in [0.3, 0.4) is 0 Å². The number of hydrogen-bond donors (Lipinski definition) is 2. The molecule has 0 saturated carbocycles. The number of para-hydroxylation sites is 2. The summed E-state index contributed by atoms with van der Waals surface area (Å²) in [6.45, 7) is 4.35. The Morgan fingerprint density at radius 1 is 1.07 bits per heavy atom. The van der Waals surface area contributed by atoms with Gasteiger partial charge in [-0.1, -0.05) is 12.1 Å². The molecule has 1 saturated heterocycles. The minimum absolute atomic E-state index is 0.657. The molecule has 2 aliphatic rings. The molecule has 1 aromatic heterocycles. The van der Waals surface area contributed by atoms with Crippen LogP contribution in [0.5, 0.6) is 0 Å². The number of fused-ring (bicyclic) bond motifs is 1. The number of benzene rings is 1. The molecule has 0 aliphatic carbocycles. The quantitative estimate of drug-likeness (QED) is 0.457. The van der Waals surface area contributed by atoms with Gasteiger partial charge in [0, 0.05) is 52.4 Å². The molecule has 0 atom stereocenters. The first-order valence-electron chi connectivity index (χ1n) is 9.51. The van der Waals surface area contributed by atoms with E-state index in [4.69, 9.17) is 18.0 Å². The third-order valence-electron chi connectivity index (χ3n) is 5.29. The van der Waals surface area contributed by atoms with E-state index < -0.39 is 0 Å². The van der Waals surface area contributed by atoms with Crippen molar-refractivity contribution < 1.29 is 0 Å². The van der Waals surface area contributed by atoms with Crippen LogP contribution in [0.1, 0.15) is 12.1 Å². The molecule has 3 heterocycles. The van der Waals surface area contributed by atoms with Crippen molar-refractivity contribution in [2.45, 2.75) is 6.42 Å². The summed E-state index contributed by atoms with van der Waals surface area (Å²) in [6, 6.07) is 12.0. The van der Waals surface area contributed by atoms with E-state index in [9.17, 15) is 0 Å². The molecule has 0 unspecified atom stereocenters. The van der Waals surface area contributed by atoms with Gasteiger partial charge in [-0.25, -0.2) is 0 Å². The highest BCUT2D eigenvalue weighted by Gasteiger charge is 2.22. The minimum atomic E-state index is 0.657. The van der Waals surface area contributed by atoms with Crippen molar-refractivity contribution in [3.05, 3.63) is 48.3 Å². The van der Waals surface area contributed by atoms with Gasteiger partial charge in [-0.05, 0) is 36.5 Å². The van der Waals surface area contributed by atoms with Crippen molar-refractivity contribution in [3.63, 3.8) is 0 Å². The van der Waals surface area contributed by atoms with Crippen LogP contribution in [-0.2, 0) is 0 Å². The fourth-order valence-corrected chi connectivity index (χ4v) is 3.89. The van der Waals surface area contributed by atoms with Gasteiger partial charge in [0.1, 0.15) is 5.69 Å². The molecule has 2 aromatic rings. The van der Waals surface area contributed by atoms with Gasteiger partial charge >= 0.3 is 0 Å². The first kappa shape index (κ1) is 18.5. The van der Waals surface area contributed by atoms with Gasteiger partial charge < -0.3 is 20.4 Å². The van der Waals surface area contributed by atoms with Crippen LogP contribution in [-0.4, -0.2) is 60.5 Å². The number of rotatable bonds is 2. The van der Waals surface area contributed by atoms with Gasteiger partial charge in [0.15, 0.2) is 5.11 Å². The highest BCUT2D eigenvalue weighted by molar-refractivity contribution is 7.80. The first-order valence-corrected chi connectivity index (χ1v) is 9.92.